The molecule has 0 atom stereocenters. The molecule has 2 N–H and O–H groups in total. The van der Waals surface area contributed by atoms with Crippen LogP contribution in [-0.2, 0) is 22.6 Å². The Morgan fingerprint density at radius 3 is 2.63 bits per heavy atom. The summed E-state index contributed by atoms with van der Waals surface area (Å²) >= 11 is 0. The molecule has 2 aromatic carbocycles. The van der Waals surface area contributed by atoms with Crippen LogP contribution in [0.25, 0.3) is 11.5 Å². The molecule has 0 aliphatic heterocycles. The third kappa shape index (κ3) is 5.01. The first-order valence-electron chi connectivity index (χ1n) is 8.53. The molecule has 27 heavy (non-hydrogen) atoms. The number of carbonyl (C=O) groups excluding carboxylic acids is 2. The van der Waals surface area contributed by atoms with E-state index in [1.807, 2.05) is 43.3 Å². The molecule has 1 aromatic heterocycles. The van der Waals surface area contributed by atoms with Gasteiger partial charge in [-0.05, 0) is 30.2 Å². The van der Waals surface area contributed by atoms with Gasteiger partial charge in [0.1, 0.15) is 0 Å². The highest BCUT2D eigenvalue weighted by Gasteiger charge is 2.14. The van der Waals surface area contributed by atoms with Crippen molar-refractivity contribution in [1.82, 2.24) is 15.5 Å². The van der Waals surface area contributed by atoms with Gasteiger partial charge in [-0.3, -0.25) is 9.59 Å². The molecule has 0 saturated heterocycles. The maximum atomic E-state index is 12.1. The van der Waals surface area contributed by atoms with Crippen LogP contribution in [-0.4, -0.2) is 22.0 Å². The molecule has 7 nitrogen and oxygen atoms in total. The smallest absolute Gasteiger partial charge is 0.258 e. The van der Waals surface area contributed by atoms with Gasteiger partial charge in [0.05, 0.1) is 6.42 Å². The van der Waals surface area contributed by atoms with Gasteiger partial charge in [0.2, 0.25) is 11.8 Å². The zero-order valence-corrected chi connectivity index (χ0v) is 15.2. The van der Waals surface area contributed by atoms with E-state index in [1.54, 1.807) is 12.1 Å². The van der Waals surface area contributed by atoms with Crippen molar-refractivity contribution in [1.29, 1.82) is 0 Å². The Bertz CT molecular complexity index is 951. The Morgan fingerprint density at radius 1 is 1.11 bits per heavy atom. The largest absolute Gasteiger partial charge is 0.352 e. The van der Waals surface area contributed by atoms with Crippen LogP contribution >= 0.6 is 0 Å². The minimum atomic E-state index is -0.185. The third-order valence-electron chi connectivity index (χ3n) is 3.91. The number of nitrogens with zero attached hydrogens (tertiary/aromatic N) is 2. The zero-order chi connectivity index (χ0) is 19.2. The molecule has 138 valence electrons. The van der Waals surface area contributed by atoms with E-state index in [0.717, 1.165) is 11.1 Å². The average molecular weight is 364 g/mol. The van der Waals surface area contributed by atoms with Gasteiger partial charge in [0, 0.05) is 24.7 Å². The molecule has 0 unspecified atom stereocenters. The maximum Gasteiger partial charge on any atom is 0.258 e. The summed E-state index contributed by atoms with van der Waals surface area (Å²) in [7, 11) is 0. The van der Waals surface area contributed by atoms with E-state index in [4.69, 9.17) is 4.52 Å². The van der Waals surface area contributed by atoms with E-state index in [9.17, 15) is 9.59 Å². The van der Waals surface area contributed by atoms with E-state index in [-0.39, 0.29) is 18.2 Å². The van der Waals surface area contributed by atoms with E-state index >= 15 is 0 Å². The SMILES string of the molecule is CC(=O)Nc1ccc(C)c(-c2nc(CC(=O)NCc3ccccc3)no2)c1. The van der Waals surface area contributed by atoms with Gasteiger partial charge in [0.25, 0.3) is 5.89 Å². The minimum absolute atomic E-state index is 0.0285. The lowest BCUT2D eigenvalue weighted by Gasteiger charge is -2.06. The molecular weight excluding hydrogens is 344 g/mol. The number of nitrogens with one attached hydrogen (secondary N) is 2. The fraction of sp³-hybridized carbons (Fsp3) is 0.200. The van der Waals surface area contributed by atoms with Gasteiger partial charge < -0.3 is 15.2 Å². The number of amides is 2. The normalized spacial score (nSPS) is 10.4. The Morgan fingerprint density at radius 2 is 1.89 bits per heavy atom. The lowest BCUT2D eigenvalue weighted by molar-refractivity contribution is -0.120. The van der Waals surface area contributed by atoms with Crippen molar-refractivity contribution in [2.45, 2.75) is 26.8 Å². The Hall–Kier alpha value is -3.48. The number of aryl methyl sites for hydroxylation is 1. The average Bonchev–Trinajstić information content (AvgIpc) is 3.10. The summed E-state index contributed by atoms with van der Waals surface area (Å²) in [6.45, 7) is 3.80. The predicted molar refractivity (Wildman–Crippen MR) is 101 cm³/mol. The highest BCUT2D eigenvalue weighted by molar-refractivity contribution is 5.89. The van der Waals surface area contributed by atoms with Gasteiger partial charge in [-0.25, -0.2) is 0 Å². The van der Waals surface area contributed by atoms with Gasteiger partial charge in [0.15, 0.2) is 5.82 Å². The standard InChI is InChI=1S/C20H20N4O3/c1-13-8-9-16(22-14(2)25)10-17(13)20-23-18(24-27-20)11-19(26)21-12-15-6-4-3-5-7-15/h3-10H,11-12H2,1-2H3,(H,21,26)(H,22,25). The summed E-state index contributed by atoms with van der Waals surface area (Å²) in [5, 5.41) is 9.44. The molecule has 0 fully saturated rings. The van der Waals surface area contributed by atoms with Crippen LogP contribution in [0.15, 0.2) is 53.1 Å². The first-order chi connectivity index (χ1) is 13.0. The highest BCUT2D eigenvalue weighted by Crippen LogP contribution is 2.25. The van der Waals surface area contributed by atoms with Crippen molar-refractivity contribution in [2.24, 2.45) is 0 Å². The number of rotatable bonds is 6. The van der Waals surface area contributed by atoms with Crippen LogP contribution in [0.3, 0.4) is 0 Å². The predicted octanol–water partition coefficient (Wildman–Crippen LogP) is 2.86. The lowest BCUT2D eigenvalue weighted by Crippen LogP contribution is -2.24. The van der Waals surface area contributed by atoms with Crippen molar-refractivity contribution in [2.75, 3.05) is 5.32 Å². The lowest BCUT2D eigenvalue weighted by atomic mass is 10.1. The topological polar surface area (TPSA) is 97.1 Å². The molecule has 7 heteroatoms. The van der Waals surface area contributed by atoms with Crippen molar-refractivity contribution in [3.63, 3.8) is 0 Å². The third-order valence-corrected chi connectivity index (χ3v) is 3.91. The molecule has 3 rings (SSSR count). The molecule has 0 spiro atoms. The minimum Gasteiger partial charge on any atom is -0.352 e. The molecule has 2 amide bonds. The monoisotopic (exact) mass is 364 g/mol. The Labute approximate surface area is 156 Å². The van der Waals surface area contributed by atoms with Crippen molar-refractivity contribution in [3.8, 4) is 11.5 Å². The maximum absolute atomic E-state index is 12.1. The van der Waals surface area contributed by atoms with E-state index in [1.165, 1.54) is 6.92 Å². The molecule has 0 aliphatic carbocycles. The zero-order valence-electron chi connectivity index (χ0n) is 15.2. The summed E-state index contributed by atoms with van der Waals surface area (Å²) in [6, 6.07) is 15.1. The van der Waals surface area contributed by atoms with Crippen LogP contribution in [0.2, 0.25) is 0 Å². The van der Waals surface area contributed by atoms with Gasteiger partial charge in [-0.15, -0.1) is 0 Å². The number of benzene rings is 2. The second-order valence-electron chi connectivity index (χ2n) is 6.17. The van der Waals surface area contributed by atoms with Crippen LogP contribution < -0.4 is 10.6 Å². The summed E-state index contributed by atoms with van der Waals surface area (Å²) in [5.41, 5.74) is 3.30. The van der Waals surface area contributed by atoms with E-state index in [2.05, 4.69) is 20.8 Å². The van der Waals surface area contributed by atoms with Crippen LogP contribution in [0.4, 0.5) is 5.69 Å². The molecule has 0 radical (unpaired) electrons. The van der Waals surface area contributed by atoms with Gasteiger partial charge in [-0.1, -0.05) is 41.6 Å². The van der Waals surface area contributed by atoms with Gasteiger partial charge >= 0.3 is 0 Å². The molecular formula is C20H20N4O3. The van der Waals surface area contributed by atoms with E-state index < -0.39 is 0 Å². The summed E-state index contributed by atoms with van der Waals surface area (Å²) in [5.74, 6) is 0.270. The van der Waals surface area contributed by atoms with Crippen molar-refractivity contribution in [3.05, 3.63) is 65.5 Å². The number of carbonyl (C=O) groups is 2. The quantitative estimate of drug-likeness (QED) is 0.701. The second kappa shape index (κ2) is 8.27. The molecule has 3 aromatic rings. The van der Waals surface area contributed by atoms with Crippen LogP contribution in [0.5, 0.6) is 0 Å². The number of hydrogen-bond donors (Lipinski definition) is 2. The molecule has 0 saturated carbocycles. The van der Waals surface area contributed by atoms with E-state index in [0.29, 0.717) is 29.5 Å². The molecule has 1 heterocycles. The Balaban J connectivity index is 1.66. The molecule has 0 aliphatic rings. The van der Waals surface area contributed by atoms with Crippen LogP contribution in [0.1, 0.15) is 23.9 Å². The first kappa shape index (κ1) is 18.3. The number of anilines is 1. The molecule has 0 bridgehead atoms. The Kier molecular flexibility index (Phi) is 5.61. The van der Waals surface area contributed by atoms with Gasteiger partial charge in [-0.2, -0.15) is 4.98 Å². The number of hydrogen-bond acceptors (Lipinski definition) is 5. The van der Waals surface area contributed by atoms with Crippen molar-refractivity contribution < 1.29 is 14.1 Å². The number of aromatic nitrogens is 2. The second-order valence-corrected chi connectivity index (χ2v) is 6.17. The highest BCUT2D eigenvalue weighted by atomic mass is 16.5. The van der Waals surface area contributed by atoms with Crippen LogP contribution in [0, 0.1) is 6.92 Å². The fourth-order valence-electron chi connectivity index (χ4n) is 2.57. The fourth-order valence-corrected chi connectivity index (χ4v) is 2.57. The summed E-state index contributed by atoms with van der Waals surface area (Å²) < 4.78 is 5.30. The summed E-state index contributed by atoms with van der Waals surface area (Å²) in [6.07, 6.45) is 0.0285. The first-order valence-corrected chi connectivity index (χ1v) is 8.53. The van der Waals surface area contributed by atoms with Crippen molar-refractivity contribution >= 4 is 17.5 Å². The summed E-state index contributed by atoms with van der Waals surface area (Å²) in [4.78, 5) is 27.6.